The van der Waals surface area contributed by atoms with Crippen LogP contribution in [-0.4, -0.2) is 66.7 Å². The van der Waals surface area contributed by atoms with Gasteiger partial charge in [0, 0.05) is 30.3 Å². The molecule has 1 aliphatic rings. The van der Waals surface area contributed by atoms with Crippen LogP contribution in [0.1, 0.15) is 6.42 Å². The molecule has 21 heavy (non-hydrogen) atoms. The highest BCUT2D eigenvalue weighted by atomic mass is 35.5. The summed E-state index contributed by atoms with van der Waals surface area (Å²) in [6.07, 6.45) is 1.02. The highest BCUT2D eigenvalue weighted by molar-refractivity contribution is 6.30. The van der Waals surface area contributed by atoms with Crippen molar-refractivity contribution in [3.63, 3.8) is 0 Å². The predicted octanol–water partition coefficient (Wildman–Crippen LogP) is 1.28. The van der Waals surface area contributed by atoms with Gasteiger partial charge in [0.2, 0.25) is 5.91 Å². The molecule has 1 heterocycles. The summed E-state index contributed by atoms with van der Waals surface area (Å²) in [4.78, 5) is 16.4. The molecular weight excluding hydrogens is 290 g/mol. The van der Waals surface area contributed by atoms with Gasteiger partial charge in [-0.3, -0.25) is 14.6 Å². The smallest absolute Gasteiger partial charge is 0.238 e. The molecule has 0 bridgehead atoms. The van der Waals surface area contributed by atoms with Crippen LogP contribution in [0.25, 0.3) is 0 Å². The molecule has 2 N–H and O–H groups in total. The Bertz CT molecular complexity index is 470. The first-order chi connectivity index (χ1) is 10.2. The number of halogens is 1. The van der Waals surface area contributed by atoms with Gasteiger partial charge in [0.05, 0.1) is 13.2 Å². The lowest BCUT2D eigenvalue weighted by Gasteiger charge is -2.20. The van der Waals surface area contributed by atoms with Crippen molar-refractivity contribution in [2.45, 2.75) is 6.42 Å². The van der Waals surface area contributed by atoms with E-state index in [2.05, 4.69) is 15.1 Å². The van der Waals surface area contributed by atoms with E-state index >= 15 is 0 Å². The lowest BCUT2D eigenvalue weighted by Crippen LogP contribution is -2.36. The maximum absolute atomic E-state index is 12.1. The third-order valence-electron chi connectivity index (χ3n) is 3.57. The number of aliphatic hydroxyl groups excluding tert-OH is 1. The number of amides is 1. The number of aliphatic hydroxyl groups is 1. The summed E-state index contributed by atoms with van der Waals surface area (Å²) in [5.74, 6) is -0.0205. The maximum atomic E-state index is 12.1. The number of anilines is 1. The Morgan fingerprint density at radius 2 is 2.00 bits per heavy atom. The lowest BCUT2D eigenvalue weighted by atomic mass is 10.3. The van der Waals surface area contributed by atoms with Crippen LogP contribution in [0, 0.1) is 0 Å². The van der Waals surface area contributed by atoms with E-state index in [-0.39, 0.29) is 12.5 Å². The minimum absolute atomic E-state index is 0.0205. The minimum Gasteiger partial charge on any atom is -0.395 e. The SMILES string of the molecule is O=C(CN1CCCN(CCO)CC1)Nc1cccc(Cl)c1. The van der Waals surface area contributed by atoms with Gasteiger partial charge in [-0.05, 0) is 37.7 Å². The number of benzene rings is 1. The van der Waals surface area contributed by atoms with Gasteiger partial charge >= 0.3 is 0 Å². The predicted molar refractivity (Wildman–Crippen MR) is 84.7 cm³/mol. The van der Waals surface area contributed by atoms with Gasteiger partial charge in [-0.25, -0.2) is 0 Å². The van der Waals surface area contributed by atoms with Crippen LogP contribution in [0.5, 0.6) is 0 Å². The fourth-order valence-electron chi connectivity index (χ4n) is 2.52. The topological polar surface area (TPSA) is 55.8 Å². The van der Waals surface area contributed by atoms with Crippen LogP contribution < -0.4 is 5.32 Å². The first-order valence-corrected chi connectivity index (χ1v) is 7.66. The van der Waals surface area contributed by atoms with Gasteiger partial charge in [0.15, 0.2) is 0 Å². The Balaban J connectivity index is 1.80. The van der Waals surface area contributed by atoms with Crippen molar-refractivity contribution in [2.75, 3.05) is 51.2 Å². The lowest BCUT2D eigenvalue weighted by molar-refractivity contribution is -0.117. The van der Waals surface area contributed by atoms with Crippen LogP contribution in [0.4, 0.5) is 5.69 Å². The number of hydrogen-bond donors (Lipinski definition) is 2. The zero-order valence-corrected chi connectivity index (χ0v) is 12.9. The van der Waals surface area contributed by atoms with Crippen molar-refractivity contribution in [1.82, 2.24) is 9.80 Å². The van der Waals surface area contributed by atoms with E-state index in [1.54, 1.807) is 12.1 Å². The van der Waals surface area contributed by atoms with Crippen LogP contribution in [0.15, 0.2) is 24.3 Å². The maximum Gasteiger partial charge on any atom is 0.238 e. The summed E-state index contributed by atoms with van der Waals surface area (Å²) in [6.45, 7) is 4.92. The first kappa shape index (κ1) is 16.2. The quantitative estimate of drug-likeness (QED) is 0.860. The molecule has 5 nitrogen and oxygen atoms in total. The van der Waals surface area contributed by atoms with Crippen molar-refractivity contribution in [2.24, 2.45) is 0 Å². The third-order valence-corrected chi connectivity index (χ3v) is 3.81. The zero-order valence-electron chi connectivity index (χ0n) is 12.1. The number of nitrogens with zero attached hydrogens (tertiary/aromatic N) is 2. The van der Waals surface area contributed by atoms with Crippen LogP contribution >= 0.6 is 11.6 Å². The highest BCUT2D eigenvalue weighted by Gasteiger charge is 2.16. The Hall–Kier alpha value is -1.14. The molecule has 1 aromatic carbocycles. The van der Waals surface area contributed by atoms with Crippen LogP contribution in [0.2, 0.25) is 5.02 Å². The van der Waals surface area contributed by atoms with Crippen molar-refractivity contribution in [3.8, 4) is 0 Å². The first-order valence-electron chi connectivity index (χ1n) is 7.28. The van der Waals surface area contributed by atoms with Crippen molar-refractivity contribution in [3.05, 3.63) is 29.3 Å². The molecule has 0 aliphatic carbocycles. The molecule has 0 radical (unpaired) electrons. The van der Waals surface area contributed by atoms with Gasteiger partial charge in [0.1, 0.15) is 0 Å². The molecule has 0 spiro atoms. The average molecular weight is 312 g/mol. The minimum atomic E-state index is -0.0205. The highest BCUT2D eigenvalue weighted by Crippen LogP contribution is 2.14. The van der Waals surface area contributed by atoms with E-state index in [0.717, 1.165) is 38.3 Å². The molecule has 2 rings (SSSR count). The van der Waals surface area contributed by atoms with Gasteiger partial charge in [-0.2, -0.15) is 0 Å². The number of hydrogen-bond acceptors (Lipinski definition) is 4. The molecule has 0 aromatic heterocycles. The summed E-state index contributed by atoms with van der Waals surface area (Å²) in [7, 11) is 0. The van der Waals surface area contributed by atoms with Gasteiger partial charge in [-0.1, -0.05) is 17.7 Å². The number of carbonyl (C=O) groups is 1. The Kier molecular flexibility index (Phi) is 6.45. The second-order valence-corrected chi connectivity index (χ2v) is 5.69. The summed E-state index contributed by atoms with van der Waals surface area (Å²) < 4.78 is 0. The van der Waals surface area contributed by atoms with Gasteiger partial charge in [0.25, 0.3) is 0 Å². The van der Waals surface area contributed by atoms with Crippen molar-refractivity contribution < 1.29 is 9.90 Å². The number of nitrogens with one attached hydrogen (secondary N) is 1. The molecule has 1 aromatic rings. The molecule has 1 aliphatic heterocycles. The zero-order chi connectivity index (χ0) is 15.1. The second-order valence-electron chi connectivity index (χ2n) is 5.25. The van der Waals surface area contributed by atoms with Gasteiger partial charge < -0.3 is 10.4 Å². The fraction of sp³-hybridized carbons (Fsp3) is 0.533. The van der Waals surface area contributed by atoms with Crippen molar-refractivity contribution >= 4 is 23.2 Å². The van der Waals surface area contributed by atoms with Crippen LogP contribution in [-0.2, 0) is 4.79 Å². The Morgan fingerprint density at radius 1 is 1.24 bits per heavy atom. The van der Waals surface area contributed by atoms with E-state index in [1.807, 2.05) is 12.1 Å². The van der Waals surface area contributed by atoms with E-state index in [4.69, 9.17) is 16.7 Å². The fourth-order valence-corrected chi connectivity index (χ4v) is 2.71. The van der Waals surface area contributed by atoms with E-state index in [1.165, 1.54) is 0 Å². The standard InChI is InChI=1S/C15H22ClN3O2/c16-13-3-1-4-14(11-13)17-15(21)12-19-6-2-5-18(7-8-19)9-10-20/h1,3-4,11,20H,2,5-10,12H2,(H,17,21). The molecule has 0 atom stereocenters. The second kappa shape index (κ2) is 8.34. The molecule has 1 fully saturated rings. The third kappa shape index (κ3) is 5.63. The monoisotopic (exact) mass is 311 g/mol. The van der Waals surface area contributed by atoms with Crippen LogP contribution in [0.3, 0.4) is 0 Å². The normalized spacial score (nSPS) is 17.4. The summed E-state index contributed by atoms with van der Waals surface area (Å²) in [6, 6.07) is 7.17. The summed E-state index contributed by atoms with van der Waals surface area (Å²) in [5.41, 5.74) is 0.726. The largest absolute Gasteiger partial charge is 0.395 e. The number of carbonyl (C=O) groups excluding carboxylic acids is 1. The van der Waals surface area contributed by atoms with Gasteiger partial charge in [-0.15, -0.1) is 0 Å². The molecule has 0 saturated carbocycles. The molecular formula is C15H22ClN3O2. The molecule has 1 saturated heterocycles. The molecule has 116 valence electrons. The number of rotatable bonds is 5. The Morgan fingerprint density at radius 3 is 2.76 bits per heavy atom. The number of β-amino-alcohol motifs (C(OH)–C–C–N with tert-alkyl or cyclic N) is 1. The van der Waals surface area contributed by atoms with E-state index < -0.39 is 0 Å². The van der Waals surface area contributed by atoms with E-state index in [0.29, 0.717) is 18.1 Å². The Labute approximate surface area is 130 Å². The van der Waals surface area contributed by atoms with E-state index in [9.17, 15) is 4.79 Å². The molecule has 0 unspecified atom stereocenters. The summed E-state index contributed by atoms with van der Waals surface area (Å²) >= 11 is 5.90. The summed E-state index contributed by atoms with van der Waals surface area (Å²) in [5, 5.41) is 12.5. The van der Waals surface area contributed by atoms with Crippen molar-refractivity contribution in [1.29, 1.82) is 0 Å². The molecule has 1 amide bonds. The average Bonchev–Trinajstić information content (AvgIpc) is 2.65. The molecule has 6 heteroatoms.